The van der Waals surface area contributed by atoms with Gasteiger partial charge in [-0.3, -0.25) is 0 Å². The summed E-state index contributed by atoms with van der Waals surface area (Å²) < 4.78 is 13.7. The highest BCUT2D eigenvalue weighted by Crippen LogP contribution is 2.16. The predicted molar refractivity (Wildman–Crippen MR) is 111 cm³/mol. The highest BCUT2D eigenvalue weighted by atomic mass is 127. The molecule has 0 fully saturated rings. The van der Waals surface area contributed by atoms with Crippen LogP contribution in [0.25, 0.3) is 0 Å². The van der Waals surface area contributed by atoms with E-state index in [-0.39, 0.29) is 36.1 Å². The molecule has 2 aromatic rings. The molecule has 2 rings (SSSR count). The van der Waals surface area contributed by atoms with Gasteiger partial charge in [0.2, 0.25) is 0 Å². The van der Waals surface area contributed by atoms with Gasteiger partial charge < -0.3 is 15.7 Å². The monoisotopic (exact) mass is 478 g/mol. The number of benzene rings is 1. The summed E-state index contributed by atoms with van der Waals surface area (Å²) in [4.78, 5) is 10.0. The lowest BCUT2D eigenvalue weighted by Gasteiger charge is -2.15. The van der Waals surface area contributed by atoms with Crippen molar-refractivity contribution in [2.24, 2.45) is 4.99 Å². The number of aliphatic imine (C=N–C) groups is 1. The summed E-state index contributed by atoms with van der Waals surface area (Å²) in [5, 5.41) is 17.2. The van der Waals surface area contributed by atoms with Crippen LogP contribution in [0.1, 0.15) is 35.4 Å². The SMILES string of the molecule is CCNC(=NCc1ncc(CC)s1)NCC(O)c1ccccc1F.I. The quantitative estimate of drug-likeness (QED) is 0.325. The highest BCUT2D eigenvalue weighted by molar-refractivity contribution is 14.0. The maximum absolute atomic E-state index is 13.7. The van der Waals surface area contributed by atoms with Crippen molar-refractivity contribution in [1.29, 1.82) is 0 Å². The number of hydrogen-bond donors (Lipinski definition) is 3. The third-order valence-electron chi connectivity index (χ3n) is 3.39. The number of aliphatic hydroxyl groups excluding tert-OH is 1. The molecule has 0 saturated heterocycles. The third-order valence-corrected chi connectivity index (χ3v) is 4.52. The molecule has 1 aromatic heterocycles. The van der Waals surface area contributed by atoms with E-state index in [1.807, 2.05) is 13.1 Å². The second-order valence-corrected chi connectivity index (χ2v) is 6.39. The summed E-state index contributed by atoms with van der Waals surface area (Å²) >= 11 is 1.64. The van der Waals surface area contributed by atoms with Gasteiger partial charge in [-0.2, -0.15) is 0 Å². The summed E-state index contributed by atoms with van der Waals surface area (Å²) in [6, 6.07) is 6.22. The Hall–Kier alpha value is -1.26. The first-order chi connectivity index (χ1) is 11.6. The van der Waals surface area contributed by atoms with Gasteiger partial charge in [-0.1, -0.05) is 25.1 Å². The first-order valence-electron chi connectivity index (χ1n) is 8.02. The number of aryl methyl sites for hydroxylation is 1. The van der Waals surface area contributed by atoms with Crippen molar-refractivity contribution in [1.82, 2.24) is 15.6 Å². The largest absolute Gasteiger partial charge is 0.386 e. The zero-order valence-electron chi connectivity index (χ0n) is 14.3. The standard InChI is InChI=1S/C17H23FN4OS.HI/c1-3-12-9-20-16(24-12)11-22-17(19-4-2)21-10-15(23)13-7-5-6-8-14(13)18;/h5-9,15,23H,3-4,10-11H2,1-2H3,(H2,19,21,22);1H. The predicted octanol–water partition coefficient (Wildman–Crippen LogP) is 3.25. The lowest BCUT2D eigenvalue weighted by Crippen LogP contribution is -2.39. The Morgan fingerprint density at radius 1 is 1.32 bits per heavy atom. The van der Waals surface area contributed by atoms with Crippen molar-refractivity contribution < 1.29 is 9.50 Å². The first kappa shape index (κ1) is 21.8. The molecule has 8 heteroatoms. The molecule has 0 bridgehead atoms. The molecule has 0 saturated carbocycles. The van der Waals surface area contributed by atoms with Gasteiger partial charge in [0.25, 0.3) is 0 Å². The van der Waals surface area contributed by atoms with E-state index in [2.05, 4.69) is 27.5 Å². The molecule has 0 aliphatic rings. The zero-order valence-corrected chi connectivity index (χ0v) is 17.5. The van der Waals surface area contributed by atoms with Crippen LogP contribution in [0, 0.1) is 5.82 Å². The lowest BCUT2D eigenvalue weighted by molar-refractivity contribution is 0.176. The summed E-state index contributed by atoms with van der Waals surface area (Å²) in [6.45, 7) is 5.39. The Morgan fingerprint density at radius 3 is 2.72 bits per heavy atom. The Kier molecular flexibility index (Phi) is 9.91. The number of nitrogens with zero attached hydrogens (tertiary/aromatic N) is 2. The normalized spacial score (nSPS) is 12.4. The number of rotatable bonds is 7. The van der Waals surface area contributed by atoms with Crippen molar-refractivity contribution in [2.75, 3.05) is 13.1 Å². The van der Waals surface area contributed by atoms with Crippen LogP contribution in [0.4, 0.5) is 4.39 Å². The fourth-order valence-electron chi connectivity index (χ4n) is 2.12. The summed E-state index contributed by atoms with van der Waals surface area (Å²) in [7, 11) is 0. The summed E-state index contributed by atoms with van der Waals surface area (Å²) in [6.07, 6.45) is 1.90. The molecule has 138 valence electrons. The van der Waals surface area contributed by atoms with Gasteiger partial charge in [0, 0.05) is 29.7 Å². The van der Waals surface area contributed by atoms with Gasteiger partial charge in [-0.25, -0.2) is 14.4 Å². The van der Waals surface area contributed by atoms with Crippen molar-refractivity contribution in [3.8, 4) is 0 Å². The summed E-state index contributed by atoms with van der Waals surface area (Å²) in [5.41, 5.74) is 0.272. The molecule has 3 N–H and O–H groups in total. The van der Waals surface area contributed by atoms with Crippen LogP contribution in [0.15, 0.2) is 35.5 Å². The van der Waals surface area contributed by atoms with Gasteiger partial charge in [-0.15, -0.1) is 35.3 Å². The molecule has 1 heterocycles. The molecule has 25 heavy (non-hydrogen) atoms. The number of hydrogen-bond acceptors (Lipinski definition) is 4. The number of thiazole rings is 1. The van der Waals surface area contributed by atoms with Gasteiger partial charge in [0.15, 0.2) is 5.96 Å². The lowest BCUT2D eigenvalue weighted by atomic mass is 10.1. The van der Waals surface area contributed by atoms with Crippen LogP contribution < -0.4 is 10.6 Å². The molecule has 0 radical (unpaired) electrons. The first-order valence-corrected chi connectivity index (χ1v) is 8.83. The van der Waals surface area contributed by atoms with Gasteiger partial charge in [0.1, 0.15) is 10.8 Å². The molecular weight excluding hydrogens is 454 g/mol. The van der Waals surface area contributed by atoms with E-state index in [1.165, 1.54) is 10.9 Å². The van der Waals surface area contributed by atoms with E-state index in [4.69, 9.17) is 0 Å². The van der Waals surface area contributed by atoms with Crippen molar-refractivity contribution in [2.45, 2.75) is 32.9 Å². The maximum atomic E-state index is 13.7. The second-order valence-electron chi connectivity index (χ2n) is 5.19. The van der Waals surface area contributed by atoms with Crippen LogP contribution in [0.5, 0.6) is 0 Å². The molecule has 1 atom stereocenters. The zero-order chi connectivity index (χ0) is 17.4. The topological polar surface area (TPSA) is 69.5 Å². The minimum atomic E-state index is -0.943. The second kappa shape index (κ2) is 11.4. The highest BCUT2D eigenvalue weighted by Gasteiger charge is 2.12. The Bertz CT molecular complexity index is 680. The van der Waals surface area contributed by atoms with Crippen LogP contribution in [-0.2, 0) is 13.0 Å². The van der Waals surface area contributed by atoms with Crippen LogP contribution >= 0.6 is 35.3 Å². The average Bonchev–Trinajstić information content (AvgIpc) is 3.05. The third kappa shape index (κ3) is 6.87. The molecule has 1 aromatic carbocycles. The Labute approximate surface area is 168 Å². The molecule has 5 nitrogen and oxygen atoms in total. The number of aliphatic hydroxyl groups is 1. The smallest absolute Gasteiger partial charge is 0.191 e. The van der Waals surface area contributed by atoms with Crippen molar-refractivity contribution in [3.05, 3.63) is 51.7 Å². The minimum absolute atomic E-state index is 0. The van der Waals surface area contributed by atoms with E-state index in [0.717, 1.165) is 11.4 Å². The fraction of sp³-hybridized carbons (Fsp3) is 0.412. The van der Waals surface area contributed by atoms with Gasteiger partial charge >= 0.3 is 0 Å². The van der Waals surface area contributed by atoms with Gasteiger partial charge in [0.05, 0.1) is 12.6 Å². The minimum Gasteiger partial charge on any atom is -0.386 e. The van der Waals surface area contributed by atoms with E-state index >= 15 is 0 Å². The molecule has 1 unspecified atom stereocenters. The Balaban J connectivity index is 0.00000312. The molecule has 0 spiro atoms. The van der Waals surface area contributed by atoms with E-state index in [1.54, 1.807) is 29.5 Å². The molecule has 0 aliphatic heterocycles. The molecular formula is C17H24FIN4OS. The fourth-order valence-corrected chi connectivity index (χ4v) is 2.91. The van der Waals surface area contributed by atoms with Crippen LogP contribution in [-0.4, -0.2) is 29.1 Å². The molecule has 0 aliphatic carbocycles. The van der Waals surface area contributed by atoms with Crippen LogP contribution in [0.2, 0.25) is 0 Å². The van der Waals surface area contributed by atoms with E-state index < -0.39 is 11.9 Å². The number of aromatic nitrogens is 1. The van der Waals surface area contributed by atoms with Crippen molar-refractivity contribution in [3.63, 3.8) is 0 Å². The number of halogens is 2. The van der Waals surface area contributed by atoms with Crippen molar-refractivity contribution >= 4 is 41.3 Å². The van der Waals surface area contributed by atoms with E-state index in [9.17, 15) is 9.50 Å². The number of nitrogens with one attached hydrogen (secondary N) is 2. The van der Waals surface area contributed by atoms with E-state index in [0.29, 0.717) is 19.0 Å². The average molecular weight is 478 g/mol. The van der Waals surface area contributed by atoms with Crippen LogP contribution in [0.3, 0.4) is 0 Å². The Morgan fingerprint density at radius 2 is 2.08 bits per heavy atom. The molecule has 0 amide bonds. The maximum Gasteiger partial charge on any atom is 0.191 e. The summed E-state index contributed by atoms with van der Waals surface area (Å²) in [5.74, 6) is 0.157. The van der Waals surface area contributed by atoms with Gasteiger partial charge in [-0.05, 0) is 19.4 Å². The number of guanidine groups is 1.